The summed E-state index contributed by atoms with van der Waals surface area (Å²) in [6.45, 7) is 0. The third-order valence-corrected chi connectivity index (χ3v) is 11.0. The molecule has 1 aromatic heterocycles. The van der Waals surface area contributed by atoms with E-state index in [0.717, 1.165) is 5.52 Å². The van der Waals surface area contributed by atoms with E-state index in [1.807, 2.05) is 0 Å². The van der Waals surface area contributed by atoms with Gasteiger partial charge >= 0.3 is 0 Å². The molecule has 0 bridgehead atoms. The van der Waals surface area contributed by atoms with Crippen molar-refractivity contribution in [3.05, 3.63) is 182 Å². The van der Waals surface area contributed by atoms with Crippen LogP contribution in [-0.4, -0.2) is 4.98 Å². The summed E-state index contributed by atoms with van der Waals surface area (Å²) in [6.07, 6.45) is 0. The minimum atomic E-state index is 1.16. The predicted octanol–water partition coefficient (Wildman–Crippen LogP) is 14.1. The van der Waals surface area contributed by atoms with Gasteiger partial charge in [0.15, 0.2) is 0 Å². The zero-order valence-electron chi connectivity index (χ0n) is 27.8. The van der Waals surface area contributed by atoms with Gasteiger partial charge in [0.25, 0.3) is 0 Å². The van der Waals surface area contributed by atoms with E-state index >= 15 is 0 Å². The van der Waals surface area contributed by atoms with Crippen molar-refractivity contribution in [1.29, 1.82) is 0 Å². The molecule has 1 heterocycles. The average molecular weight is 646 g/mol. The molecular formula is C50H31N. The first-order valence-corrected chi connectivity index (χ1v) is 17.7. The molecule has 0 fully saturated rings. The van der Waals surface area contributed by atoms with Gasteiger partial charge in [-0.1, -0.05) is 170 Å². The van der Waals surface area contributed by atoms with E-state index in [4.69, 9.17) is 0 Å². The van der Waals surface area contributed by atoms with Gasteiger partial charge in [-0.05, 0) is 94.0 Å². The monoisotopic (exact) mass is 645 g/mol. The fraction of sp³-hybridized carbons (Fsp3) is 0. The lowest BCUT2D eigenvalue weighted by Crippen LogP contribution is -1.92. The maximum absolute atomic E-state index is 3.85. The second-order valence-electron chi connectivity index (χ2n) is 13.7. The smallest absolute Gasteiger partial charge is 0.0551 e. The van der Waals surface area contributed by atoms with E-state index in [9.17, 15) is 0 Å². The van der Waals surface area contributed by atoms with E-state index in [2.05, 4.69) is 187 Å². The van der Waals surface area contributed by atoms with Crippen molar-refractivity contribution in [2.75, 3.05) is 0 Å². The van der Waals surface area contributed by atoms with Crippen LogP contribution in [0.5, 0.6) is 0 Å². The first kappa shape index (κ1) is 28.2. The highest BCUT2D eigenvalue weighted by molar-refractivity contribution is 6.31. The molecule has 0 spiro atoms. The van der Waals surface area contributed by atoms with Crippen LogP contribution in [0.25, 0.3) is 109 Å². The summed E-state index contributed by atoms with van der Waals surface area (Å²) in [5.74, 6) is 0. The SMILES string of the molecule is c1cc(-c2ccc3c(c2)[nH]c2c4ccccc4c4ccccc4c32)cc(-c2c3ccccc3c(-c3cccc4ccccc34)c3ccccc23)c1. The van der Waals surface area contributed by atoms with Gasteiger partial charge in [-0.25, -0.2) is 0 Å². The van der Waals surface area contributed by atoms with Gasteiger partial charge in [0.2, 0.25) is 0 Å². The number of benzene rings is 10. The Balaban J connectivity index is 1.13. The maximum Gasteiger partial charge on any atom is 0.0551 e. The molecule has 0 unspecified atom stereocenters. The standard InChI is InChI=1S/C50H31N/c1-2-17-35-31(13-1)14-12-26-38(35)48-42-23-8-6-21-40(42)47(41-22-7-9-24-43(41)48)34-16-11-15-32(29-34)33-27-28-45-46(30-33)51-50-44-25-10-4-19-37(44)36-18-3-5-20-39(36)49(45)50/h1-30,51H. The van der Waals surface area contributed by atoms with Crippen molar-refractivity contribution in [1.82, 2.24) is 4.98 Å². The van der Waals surface area contributed by atoms with Crippen molar-refractivity contribution in [2.24, 2.45) is 0 Å². The Hall–Kier alpha value is -6.70. The lowest BCUT2D eigenvalue weighted by Gasteiger charge is -2.19. The summed E-state index contributed by atoms with van der Waals surface area (Å²) in [5.41, 5.74) is 9.82. The second-order valence-corrected chi connectivity index (χ2v) is 13.7. The Kier molecular flexibility index (Phi) is 6.02. The molecule has 51 heavy (non-hydrogen) atoms. The Morgan fingerprint density at radius 2 is 0.804 bits per heavy atom. The molecule has 10 aromatic carbocycles. The highest BCUT2D eigenvalue weighted by atomic mass is 14.7. The Labute approximate surface area is 295 Å². The van der Waals surface area contributed by atoms with Crippen molar-refractivity contribution in [3.63, 3.8) is 0 Å². The fourth-order valence-electron chi connectivity index (χ4n) is 8.76. The molecule has 1 N–H and O–H groups in total. The van der Waals surface area contributed by atoms with E-state index in [1.165, 1.54) is 104 Å². The molecule has 0 aliphatic rings. The number of fused-ring (bicyclic) bond motifs is 11. The molecule has 11 rings (SSSR count). The third-order valence-electron chi connectivity index (χ3n) is 11.0. The molecule has 0 atom stereocenters. The van der Waals surface area contributed by atoms with Gasteiger partial charge in [0.05, 0.1) is 5.52 Å². The van der Waals surface area contributed by atoms with E-state index in [-0.39, 0.29) is 0 Å². The number of aromatic amines is 1. The zero-order valence-corrected chi connectivity index (χ0v) is 27.8. The minimum absolute atomic E-state index is 1.16. The molecule has 1 nitrogen and oxygen atoms in total. The predicted molar refractivity (Wildman–Crippen MR) is 220 cm³/mol. The average Bonchev–Trinajstić information content (AvgIpc) is 3.59. The fourth-order valence-corrected chi connectivity index (χ4v) is 8.76. The summed E-state index contributed by atoms with van der Waals surface area (Å²) in [5, 5.41) is 15.3. The molecule has 11 aromatic rings. The molecule has 236 valence electrons. The molecule has 0 aliphatic carbocycles. The summed E-state index contributed by atoms with van der Waals surface area (Å²) >= 11 is 0. The van der Waals surface area contributed by atoms with Crippen LogP contribution in [0, 0.1) is 0 Å². The van der Waals surface area contributed by atoms with Crippen molar-refractivity contribution in [2.45, 2.75) is 0 Å². The maximum atomic E-state index is 3.85. The molecular weight excluding hydrogens is 615 g/mol. The lowest BCUT2D eigenvalue weighted by atomic mass is 9.84. The number of aromatic nitrogens is 1. The molecule has 0 aliphatic heterocycles. The van der Waals surface area contributed by atoms with Crippen molar-refractivity contribution in [3.8, 4) is 33.4 Å². The van der Waals surface area contributed by atoms with Crippen LogP contribution in [-0.2, 0) is 0 Å². The summed E-state index contributed by atoms with van der Waals surface area (Å²) < 4.78 is 0. The first-order valence-electron chi connectivity index (χ1n) is 17.7. The van der Waals surface area contributed by atoms with Crippen molar-refractivity contribution < 1.29 is 0 Å². The van der Waals surface area contributed by atoms with Gasteiger partial charge < -0.3 is 4.98 Å². The number of H-pyrrole nitrogens is 1. The topological polar surface area (TPSA) is 15.8 Å². The third kappa shape index (κ3) is 4.16. The van der Waals surface area contributed by atoms with Crippen LogP contribution in [0.4, 0.5) is 0 Å². The minimum Gasteiger partial charge on any atom is -0.354 e. The summed E-state index contributed by atoms with van der Waals surface area (Å²) in [4.78, 5) is 3.85. The molecule has 0 radical (unpaired) electrons. The van der Waals surface area contributed by atoms with Crippen molar-refractivity contribution >= 4 is 75.7 Å². The van der Waals surface area contributed by atoms with Crippen LogP contribution in [0.3, 0.4) is 0 Å². The van der Waals surface area contributed by atoms with Crippen LogP contribution < -0.4 is 0 Å². The quantitative estimate of drug-likeness (QED) is 0.145. The van der Waals surface area contributed by atoms with Gasteiger partial charge in [-0.15, -0.1) is 0 Å². The molecule has 1 heteroatoms. The largest absolute Gasteiger partial charge is 0.354 e. The lowest BCUT2D eigenvalue weighted by molar-refractivity contribution is 1.55. The summed E-state index contributed by atoms with van der Waals surface area (Å²) in [7, 11) is 0. The zero-order chi connectivity index (χ0) is 33.5. The Morgan fingerprint density at radius 1 is 0.294 bits per heavy atom. The molecule has 0 saturated carbocycles. The normalized spacial score (nSPS) is 11.9. The molecule has 0 saturated heterocycles. The van der Waals surface area contributed by atoms with E-state index in [1.54, 1.807) is 0 Å². The molecule has 0 amide bonds. The Morgan fingerprint density at radius 3 is 1.53 bits per heavy atom. The Bertz CT molecular complexity index is 3130. The van der Waals surface area contributed by atoms with Gasteiger partial charge in [-0.3, -0.25) is 0 Å². The van der Waals surface area contributed by atoms with E-state index < -0.39 is 0 Å². The van der Waals surface area contributed by atoms with Crippen LogP contribution >= 0.6 is 0 Å². The summed E-state index contributed by atoms with van der Waals surface area (Å²) in [6, 6.07) is 66.9. The second kappa shape index (κ2) is 10.9. The highest BCUT2D eigenvalue weighted by Crippen LogP contribution is 2.46. The van der Waals surface area contributed by atoms with E-state index in [0.29, 0.717) is 0 Å². The highest BCUT2D eigenvalue weighted by Gasteiger charge is 2.19. The first-order chi connectivity index (χ1) is 25.3. The van der Waals surface area contributed by atoms with Gasteiger partial charge in [0, 0.05) is 21.7 Å². The number of hydrogen-bond acceptors (Lipinski definition) is 0. The van der Waals surface area contributed by atoms with Crippen LogP contribution in [0.2, 0.25) is 0 Å². The van der Waals surface area contributed by atoms with Gasteiger partial charge in [0.1, 0.15) is 0 Å². The van der Waals surface area contributed by atoms with Crippen LogP contribution in [0.1, 0.15) is 0 Å². The van der Waals surface area contributed by atoms with Crippen LogP contribution in [0.15, 0.2) is 182 Å². The number of rotatable bonds is 3. The number of hydrogen-bond donors (Lipinski definition) is 1. The number of nitrogens with one attached hydrogen (secondary N) is 1. The van der Waals surface area contributed by atoms with Gasteiger partial charge in [-0.2, -0.15) is 0 Å².